The molecule has 0 spiro atoms. The van der Waals surface area contributed by atoms with Crippen molar-refractivity contribution in [3.63, 3.8) is 0 Å². The van der Waals surface area contributed by atoms with Crippen molar-refractivity contribution >= 4 is 27.8 Å². The van der Waals surface area contributed by atoms with E-state index in [4.69, 9.17) is 5.11 Å². The van der Waals surface area contributed by atoms with Crippen molar-refractivity contribution in [2.45, 2.75) is 31.7 Å². The van der Waals surface area contributed by atoms with Crippen LogP contribution in [0.5, 0.6) is 0 Å². The van der Waals surface area contributed by atoms with Gasteiger partial charge in [-0.25, -0.2) is 4.98 Å². The highest BCUT2D eigenvalue weighted by atomic mass is 79.9. The van der Waals surface area contributed by atoms with Crippen molar-refractivity contribution in [1.82, 2.24) is 10.3 Å². The monoisotopic (exact) mass is 326 g/mol. The molecule has 1 saturated carbocycles. The van der Waals surface area contributed by atoms with Gasteiger partial charge in [0.2, 0.25) is 0 Å². The highest BCUT2D eigenvalue weighted by Crippen LogP contribution is 2.25. The highest BCUT2D eigenvalue weighted by Gasteiger charge is 2.27. The maximum absolute atomic E-state index is 12.1. The van der Waals surface area contributed by atoms with Crippen LogP contribution < -0.4 is 5.32 Å². The van der Waals surface area contributed by atoms with Crippen molar-refractivity contribution in [3.05, 3.63) is 28.5 Å². The van der Waals surface area contributed by atoms with Crippen LogP contribution in [0.25, 0.3) is 0 Å². The summed E-state index contributed by atoms with van der Waals surface area (Å²) in [4.78, 5) is 26.9. The van der Waals surface area contributed by atoms with E-state index in [1.165, 1.54) is 0 Å². The molecule has 0 radical (unpaired) electrons. The second-order valence-electron chi connectivity index (χ2n) is 4.70. The minimum Gasteiger partial charge on any atom is -0.481 e. The second-order valence-corrected chi connectivity index (χ2v) is 5.45. The fraction of sp³-hybridized carbons (Fsp3) is 0.462. The third-order valence-corrected chi connectivity index (χ3v) is 4.05. The van der Waals surface area contributed by atoms with Crippen LogP contribution >= 0.6 is 15.9 Å². The van der Waals surface area contributed by atoms with Crippen LogP contribution in [0.15, 0.2) is 22.9 Å². The Balaban J connectivity index is 1.91. The quantitative estimate of drug-likeness (QED) is 0.835. The first kappa shape index (κ1) is 14.0. The molecule has 1 amide bonds. The van der Waals surface area contributed by atoms with Crippen LogP contribution in [0.3, 0.4) is 0 Å². The smallest absolute Gasteiger partial charge is 0.306 e. The summed E-state index contributed by atoms with van der Waals surface area (Å²) in [5.74, 6) is -1.17. The van der Waals surface area contributed by atoms with Gasteiger partial charge in [0.05, 0.1) is 11.5 Å². The third-order valence-electron chi connectivity index (χ3n) is 3.42. The zero-order chi connectivity index (χ0) is 13.8. The number of carbonyl (C=O) groups excluding carboxylic acids is 1. The predicted octanol–water partition coefficient (Wildman–Crippen LogP) is 2.22. The summed E-state index contributed by atoms with van der Waals surface area (Å²) >= 11 is 3.24. The second kappa shape index (κ2) is 6.14. The highest BCUT2D eigenvalue weighted by molar-refractivity contribution is 9.10. The Labute approximate surface area is 119 Å². The first-order valence-corrected chi connectivity index (χ1v) is 7.01. The van der Waals surface area contributed by atoms with E-state index in [1.54, 1.807) is 18.3 Å². The van der Waals surface area contributed by atoms with Gasteiger partial charge in [0.15, 0.2) is 0 Å². The maximum atomic E-state index is 12.1. The van der Waals surface area contributed by atoms with Gasteiger partial charge < -0.3 is 10.4 Å². The molecule has 102 valence electrons. The lowest BCUT2D eigenvalue weighted by atomic mass is 9.86. The van der Waals surface area contributed by atoms with Crippen molar-refractivity contribution in [2.24, 2.45) is 5.92 Å². The van der Waals surface area contributed by atoms with E-state index < -0.39 is 5.97 Å². The number of pyridine rings is 1. The molecular weight excluding hydrogens is 312 g/mol. The number of hydrogen-bond donors (Lipinski definition) is 2. The molecule has 0 unspecified atom stereocenters. The first-order chi connectivity index (χ1) is 9.08. The Kier molecular flexibility index (Phi) is 4.52. The zero-order valence-electron chi connectivity index (χ0n) is 10.3. The van der Waals surface area contributed by atoms with Crippen LogP contribution in [0, 0.1) is 5.92 Å². The van der Waals surface area contributed by atoms with Crippen molar-refractivity contribution < 1.29 is 14.7 Å². The average molecular weight is 327 g/mol. The van der Waals surface area contributed by atoms with E-state index in [0.29, 0.717) is 35.8 Å². The standard InChI is InChI=1S/C13H15BrN2O3/c14-11-10(2-1-7-15-11)12(17)16-9-5-3-8(4-6-9)13(18)19/h1-2,7-9H,3-6H2,(H,16,17)(H,18,19). The molecule has 0 aliphatic heterocycles. The average Bonchev–Trinajstić information content (AvgIpc) is 2.39. The Morgan fingerprint density at radius 2 is 2.00 bits per heavy atom. The summed E-state index contributed by atoms with van der Waals surface area (Å²) in [6, 6.07) is 3.46. The minimum absolute atomic E-state index is 0.0511. The van der Waals surface area contributed by atoms with Gasteiger partial charge in [-0.3, -0.25) is 9.59 Å². The molecule has 1 fully saturated rings. The zero-order valence-corrected chi connectivity index (χ0v) is 11.9. The predicted molar refractivity (Wildman–Crippen MR) is 72.8 cm³/mol. The number of halogens is 1. The van der Waals surface area contributed by atoms with Crippen LogP contribution in [0.1, 0.15) is 36.0 Å². The van der Waals surface area contributed by atoms with Crippen LogP contribution in [-0.2, 0) is 4.79 Å². The SMILES string of the molecule is O=C(NC1CCC(C(=O)O)CC1)c1cccnc1Br. The maximum Gasteiger partial charge on any atom is 0.306 e. The van der Waals surface area contributed by atoms with E-state index in [-0.39, 0.29) is 17.9 Å². The molecule has 5 nitrogen and oxygen atoms in total. The first-order valence-electron chi connectivity index (χ1n) is 6.22. The molecule has 6 heteroatoms. The minimum atomic E-state index is -0.736. The van der Waals surface area contributed by atoms with E-state index in [9.17, 15) is 9.59 Å². The molecule has 2 N–H and O–H groups in total. The van der Waals surface area contributed by atoms with E-state index >= 15 is 0 Å². The van der Waals surface area contributed by atoms with Crippen LogP contribution in [-0.4, -0.2) is 28.0 Å². The van der Waals surface area contributed by atoms with Gasteiger partial charge in [-0.1, -0.05) is 0 Å². The van der Waals surface area contributed by atoms with Gasteiger partial charge in [0, 0.05) is 12.2 Å². The van der Waals surface area contributed by atoms with Gasteiger partial charge in [0.1, 0.15) is 4.60 Å². The number of amides is 1. The molecule has 0 atom stereocenters. The molecule has 1 aromatic heterocycles. The van der Waals surface area contributed by atoms with Gasteiger partial charge >= 0.3 is 5.97 Å². The largest absolute Gasteiger partial charge is 0.481 e. The summed E-state index contributed by atoms with van der Waals surface area (Å²) in [7, 11) is 0. The van der Waals surface area contributed by atoms with Gasteiger partial charge in [0.25, 0.3) is 5.91 Å². The Morgan fingerprint density at radius 1 is 1.32 bits per heavy atom. The number of carbonyl (C=O) groups is 2. The number of nitrogens with zero attached hydrogens (tertiary/aromatic N) is 1. The summed E-state index contributed by atoms with van der Waals surface area (Å²) in [5, 5.41) is 11.9. The third kappa shape index (κ3) is 3.53. The number of aromatic nitrogens is 1. The molecule has 1 aliphatic rings. The van der Waals surface area contributed by atoms with Gasteiger partial charge in [-0.05, 0) is 53.7 Å². The van der Waals surface area contributed by atoms with E-state index in [1.807, 2.05) is 0 Å². The van der Waals surface area contributed by atoms with E-state index in [0.717, 1.165) is 0 Å². The Bertz CT molecular complexity index is 485. The van der Waals surface area contributed by atoms with Crippen LogP contribution in [0.2, 0.25) is 0 Å². The van der Waals surface area contributed by atoms with Crippen molar-refractivity contribution in [1.29, 1.82) is 0 Å². The molecule has 0 bridgehead atoms. The van der Waals surface area contributed by atoms with Crippen LogP contribution in [0.4, 0.5) is 0 Å². The normalized spacial score (nSPS) is 22.8. The molecule has 0 aromatic carbocycles. The van der Waals surface area contributed by atoms with Gasteiger partial charge in [-0.15, -0.1) is 0 Å². The summed E-state index contributed by atoms with van der Waals surface area (Å²) in [5.41, 5.74) is 0.503. The molecule has 2 rings (SSSR count). The van der Waals surface area contributed by atoms with Gasteiger partial charge in [-0.2, -0.15) is 0 Å². The molecule has 1 heterocycles. The molecule has 0 saturated heterocycles. The number of carboxylic acids is 1. The topological polar surface area (TPSA) is 79.3 Å². The fourth-order valence-corrected chi connectivity index (χ4v) is 2.73. The lowest BCUT2D eigenvalue weighted by Crippen LogP contribution is -2.38. The molecular formula is C13H15BrN2O3. The Morgan fingerprint density at radius 3 is 2.58 bits per heavy atom. The molecule has 1 aliphatic carbocycles. The number of rotatable bonds is 3. The van der Waals surface area contributed by atoms with Crippen molar-refractivity contribution in [3.8, 4) is 0 Å². The lowest BCUT2D eigenvalue weighted by molar-refractivity contribution is -0.142. The summed E-state index contributed by atoms with van der Waals surface area (Å²) in [6.07, 6.45) is 4.27. The van der Waals surface area contributed by atoms with Crippen molar-refractivity contribution in [2.75, 3.05) is 0 Å². The van der Waals surface area contributed by atoms with E-state index in [2.05, 4.69) is 26.2 Å². The Hall–Kier alpha value is -1.43. The molecule has 1 aromatic rings. The molecule has 19 heavy (non-hydrogen) atoms. The number of hydrogen-bond acceptors (Lipinski definition) is 3. The number of aliphatic carboxylic acids is 1. The number of nitrogens with one attached hydrogen (secondary N) is 1. The lowest BCUT2D eigenvalue weighted by Gasteiger charge is -2.26. The fourth-order valence-electron chi connectivity index (χ4n) is 2.30. The number of carboxylic acid groups (broad SMARTS) is 1. The summed E-state index contributed by atoms with van der Waals surface area (Å²) < 4.78 is 0.520. The summed E-state index contributed by atoms with van der Waals surface area (Å²) in [6.45, 7) is 0.